The Bertz CT molecular complexity index is 1120. The predicted octanol–water partition coefficient (Wildman–Crippen LogP) is 5.17. The number of benzene rings is 2. The van der Waals surface area contributed by atoms with Gasteiger partial charge in [0.25, 0.3) is 5.56 Å². The van der Waals surface area contributed by atoms with Gasteiger partial charge in [-0.2, -0.15) is 26.3 Å². The van der Waals surface area contributed by atoms with Crippen LogP contribution in [0.25, 0.3) is 17.1 Å². The first-order valence-corrected chi connectivity index (χ1v) is 8.21. The van der Waals surface area contributed by atoms with Gasteiger partial charge >= 0.3 is 12.4 Å². The zero-order chi connectivity index (χ0) is 21.6. The average Bonchev–Trinajstić information content (AvgIpc) is 2.63. The molecule has 0 saturated heterocycles. The van der Waals surface area contributed by atoms with Crippen LogP contribution in [0.2, 0.25) is 5.02 Å². The lowest BCUT2D eigenvalue weighted by atomic mass is 10.1. The summed E-state index contributed by atoms with van der Waals surface area (Å²) in [4.78, 5) is 16.1. The van der Waals surface area contributed by atoms with E-state index in [-0.39, 0.29) is 10.7 Å². The molecule has 0 radical (unpaired) electrons. The number of nitrogens with zero attached hydrogens (tertiary/aromatic N) is 2. The van der Waals surface area contributed by atoms with Crippen molar-refractivity contribution in [3.8, 4) is 17.1 Å². The van der Waals surface area contributed by atoms with Gasteiger partial charge in [-0.05, 0) is 30.3 Å². The normalized spacial score (nSPS) is 12.2. The summed E-state index contributed by atoms with van der Waals surface area (Å²) in [5, 5.41) is -0.326. The molecule has 1 aromatic heterocycles. The molecule has 0 amide bonds. The summed E-state index contributed by atoms with van der Waals surface area (Å²) in [6.07, 6.45) is -9.90. The second-order valence-corrected chi connectivity index (χ2v) is 6.27. The number of hydrogen-bond donors (Lipinski definition) is 1. The number of para-hydroxylation sites is 1. The molecule has 11 heteroatoms. The fourth-order valence-corrected chi connectivity index (χ4v) is 2.82. The van der Waals surface area contributed by atoms with Crippen molar-refractivity contribution in [3.63, 3.8) is 0 Å². The van der Waals surface area contributed by atoms with Crippen LogP contribution in [-0.2, 0) is 12.4 Å². The fourth-order valence-electron chi connectivity index (χ4n) is 2.62. The van der Waals surface area contributed by atoms with E-state index in [4.69, 9.17) is 17.3 Å². The SMILES string of the molecule is Nc1c(C(F)(F)F)nc(-c2cc(C(F)(F)F)ccc2Cl)n(-c2ccccc2)c1=O. The van der Waals surface area contributed by atoms with Gasteiger partial charge in [-0.3, -0.25) is 9.36 Å². The number of nitrogen functional groups attached to an aromatic ring is 1. The number of hydrogen-bond acceptors (Lipinski definition) is 3. The van der Waals surface area contributed by atoms with E-state index in [9.17, 15) is 31.1 Å². The van der Waals surface area contributed by atoms with Crippen molar-refractivity contribution in [2.45, 2.75) is 12.4 Å². The lowest BCUT2D eigenvalue weighted by molar-refractivity contribution is -0.140. The molecule has 3 aromatic rings. The topological polar surface area (TPSA) is 60.9 Å². The highest BCUT2D eigenvalue weighted by atomic mass is 35.5. The van der Waals surface area contributed by atoms with Crippen molar-refractivity contribution in [1.82, 2.24) is 9.55 Å². The van der Waals surface area contributed by atoms with Crippen LogP contribution in [0.1, 0.15) is 11.3 Å². The van der Waals surface area contributed by atoms with Crippen molar-refractivity contribution in [2.24, 2.45) is 0 Å². The molecule has 2 N–H and O–H groups in total. The number of aromatic nitrogens is 2. The Kier molecular flexibility index (Phi) is 5.08. The monoisotopic (exact) mass is 433 g/mol. The largest absolute Gasteiger partial charge is 0.435 e. The van der Waals surface area contributed by atoms with E-state index >= 15 is 0 Å². The van der Waals surface area contributed by atoms with Crippen LogP contribution in [0.3, 0.4) is 0 Å². The van der Waals surface area contributed by atoms with E-state index in [0.717, 1.165) is 6.07 Å². The van der Waals surface area contributed by atoms with Gasteiger partial charge < -0.3 is 5.73 Å². The summed E-state index contributed by atoms with van der Waals surface area (Å²) in [5.74, 6) is -0.723. The van der Waals surface area contributed by atoms with Gasteiger partial charge in [0, 0.05) is 5.56 Å². The highest BCUT2D eigenvalue weighted by Gasteiger charge is 2.38. The number of nitrogens with two attached hydrogens (primary N) is 1. The third kappa shape index (κ3) is 3.93. The van der Waals surface area contributed by atoms with Crippen LogP contribution in [0.15, 0.2) is 53.3 Å². The maximum atomic E-state index is 13.3. The van der Waals surface area contributed by atoms with E-state index in [0.29, 0.717) is 16.7 Å². The Morgan fingerprint density at radius 1 is 0.931 bits per heavy atom. The van der Waals surface area contributed by atoms with Gasteiger partial charge in [0.2, 0.25) is 0 Å². The number of anilines is 1. The summed E-state index contributed by atoms with van der Waals surface area (Å²) >= 11 is 5.96. The van der Waals surface area contributed by atoms with E-state index in [1.165, 1.54) is 24.3 Å². The summed E-state index contributed by atoms with van der Waals surface area (Å²) in [7, 11) is 0. The first-order valence-electron chi connectivity index (χ1n) is 7.83. The van der Waals surface area contributed by atoms with E-state index < -0.39 is 46.2 Å². The van der Waals surface area contributed by atoms with Crippen molar-refractivity contribution < 1.29 is 26.3 Å². The van der Waals surface area contributed by atoms with E-state index in [1.54, 1.807) is 6.07 Å². The second-order valence-electron chi connectivity index (χ2n) is 5.86. The molecule has 0 unspecified atom stereocenters. The number of halogens is 7. The minimum atomic E-state index is -5.11. The van der Waals surface area contributed by atoms with Crippen LogP contribution >= 0.6 is 11.6 Å². The summed E-state index contributed by atoms with van der Waals surface area (Å²) in [5.41, 5.74) is -0.451. The molecular formula is C18H10ClF6N3O. The van der Waals surface area contributed by atoms with Gasteiger partial charge in [0.1, 0.15) is 11.5 Å². The molecule has 4 nitrogen and oxygen atoms in total. The Morgan fingerprint density at radius 2 is 1.55 bits per heavy atom. The molecular weight excluding hydrogens is 424 g/mol. The van der Waals surface area contributed by atoms with E-state index in [1.807, 2.05) is 0 Å². The van der Waals surface area contributed by atoms with Gasteiger partial charge in [0.05, 0.1) is 16.3 Å². The number of rotatable bonds is 2. The molecule has 3 rings (SSSR count). The summed E-state index contributed by atoms with van der Waals surface area (Å²) in [6, 6.07) is 9.32. The van der Waals surface area contributed by atoms with Gasteiger partial charge in [-0.25, -0.2) is 4.98 Å². The zero-order valence-electron chi connectivity index (χ0n) is 14.1. The van der Waals surface area contributed by atoms with Crippen LogP contribution in [0, 0.1) is 0 Å². The Hall–Kier alpha value is -3.01. The minimum Gasteiger partial charge on any atom is -0.392 e. The van der Waals surface area contributed by atoms with Crippen molar-refractivity contribution in [2.75, 3.05) is 5.73 Å². The summed E-state index contributed by atoms with van der Waals surface area (Å²) < 4.78 is 80.0. The number of alkyl halides is 6. The van der Waals surface area contributed by atoms with Gasteiger partial charge in [-0.15, -0.1) is 0 Å². The second kappa shape index (κ2) is 7.11. The molecule has 0 bridgehead atoms. The minimum absolute atomic E-state index is 0.0499. The van der Waals surface area contributed by atoms with Gasteiger partial charge in [-0.1, -0.05) is 29.8 Å². The van der Waals surface area contributed by atoms with Crippen molar-refractivity contribution in [3.05, 3.63) is 75.2 Å². The first kappa shape index (κ1) is 20.7. The fraction of sp³-hybridized carbons (Fsp3) is 0.111. The van der Waals surface area contributed by atoms with Crippen LogP contribution < -0.4 is 11.3 Å². The lowest BCUT2D eigenvalue weighted by Gasteiger charge is -2.18. The third-order valence-electron chi connectivity index (χ3n) is 3.94. The molecule has 1 heterocycles. The molecule has 29 heavy (non-hydrogen) atoms. The molecule has 0 saturated carbocycles. The van der Waals surface area contributed by atoms with E-state index in [2.05, 4.69) is 4.98 Å². The lowest BCUT2D eigenvalue weighted by Crippen LogP contribution is -2.29. The highest BCUT2D eigenvalue weighted by Crippen LogP contribution is 2.38. The molecule has 0 spiro atoms. The predicted molar refractivity (Wildman–Crippen MR) is 94.7 cm³/mol. The Morgan fingerprint density at radius 3 is 2.10 bits per heavy atom. The van der Waals surface area contributed by atoms with Crippen molar-refractivity contribution in [1.29, 1.82) is 0 Å². The maximum Gasteiger partial charge on any atom is 0.435 e. The molecule has 0 aliphatic carbocycles. The zero-order valence-corrected chi connectivity index (χ0v) is 14.9. The Balaban J connectivity index is 2.45. The molecule has 2 aromatic carbocycles. The molecule has 152 valence electrons. The van der Waals surface area contributed by atoms with Crippen LogP contribution in [0.4, 0.5) is 32.0 Å². The molecule has 0 aliphatic rings. The van der Waals surface area contributed by atoms with Gasteiger partial charge in [0.15, 0.2) is 5.69 Å². The smallest absolute Gasteiger partial charge is 0.392 e. The van der Waals surface area contributed by atoms with Crippen LogP contribution in [0.5, 0.6) is 0 Å². The standard InChI is InChI=1S/C18H10ClF6N3O/c19-12-7-6-9(17(20,21)22)8-11(12)15-27-14(18(23,24)25)13(26)16(29)28(15)10-4-2-1-3-5-10/h1-8H,26H2. The molecule has 0 fully saturated rings. The molecule has 0 aliphatic heterocycles. The summed E-state index contributed by atoms with van der Waals surface area (Å²) in [6.45, 7) is 0. The third-order valence-corrected chi connectivity index (χ3v) is 4.27. The highest BCUT2D eigenvalue weighted by molar-refractivity contribution is 6.33. The first-order chi connectivity index (χ1) is 13.4. The maximum absolute atomic E-state index is 13.3. The Labute approximate surface area is 164 Å². The van der Waals surface area contributed by atoms with Crippen molar-refractivity contribution >= 4 is 17.3 Å². The quantitative estimate of drug-likeness (QED) is 0.567. The molecule has 0 atom stereocenters. The average molecular weight is 434 g/mol. The van der Waals surface area contributed by atoms with Crippen LogP contribution in [-0.4, -0.2) is 9.55 Å².